The molecule has 0 spiro atoms. The van der Waals surface area contributed by atoms with E-state index in [0.717, 1.165) is 0 Å². The molecule has 0 bridgehead atoms. The molecule has 1 aromatic rings. The number of carboxylic acids is 1. The summed E-state index contributed by atoms with van der Waals surface area (Å²) in [4.78, 5) is 24.1. The summed E-state index contributed by atoms with van der Waals surface area (Å²) in [7, 11) is 0. The van der Waals surface area contributed by atoms with Crippen molar-refractivity contribution < 1.29 is 36.6 Å². The zero-order valence-electron chi connectivity index (χ0n) is 11.5. The van der Waals surface area contributed by atoms with E-state index in [-0.39, 0.29) is 5.56 Å². The summed E-state index contributed by atoms with van der Waals surface area (Å²) in [5, 5.41) is 9.07. The van der Waals surface area contributed by atoms with Gasteiger partial charge in [-0.05, 0) is 30.9 Å². The summed E-state index contributed by atoms with van der Waals surface area (Å²) < 4.78 is 66.9. The maximum absolute atomic E-state index is 13.8. The highest BCUT2D eigenvalue weighted by molar-refractivity contribution is 6.09. The van der Waals surface area contributed by atoms with E-state index >= 15 is 0 Å². The third-order valence-electron chi connectivity index (χ3n) is 3.97. The van der Waals surface area contributed by atoms with E-state index in [1.807, 2.05) is 0 Å². The molecule has 1 saturated carbocycles. The fraction of sp³-hybridized carbons (Fsp3) is 0.429. The average molecular weight is 335 g/mol. The van der Waals surface area contributed by atoms with Crippen molar-refractivity contribution in [1.82, 2.24) is 0 Å². The Morgan fingerprint density at radius 2 is 1.87 bits per heavy atom. The molecule has 1 atom stereocenters. The predicted octanol–water partition coefficient (Wildman–Crippen LogP) is 2.74. The molecule has 0 aromatic heterocycles. The summed E-state index contributed by atoms with van der Waals surface area (Å²) in [5.74, 6) is -7.93. The van der Waals surface area contributed by atoms with Crippen molar-refractivity contribution in [3.8, 4) is 0 Å². The number of amides is 1. The number of fused-ring (bicyclic) bond motifs is 1. The van der Waals surface area contributed by atoms with E-state index in [1.165, 1.54) is 0 Å². The van der Waals surface area contributed by atoms with Gasteiger partial charge in [-0.25, -0.2) is 8.78 Å². The summed E-state index contributed by atoms with van der Waals surface area (Å²) in [6.07, 6.45) is -5.05. The second-order valence-corrected chi connectivity index (χ2v) is 5.59. The van der Waals surface area contributed by atoms with Gasteiger partial charge in [0.25, 0.3) is 0 Å². The minimum Gasteiger partial charge on any atom is -0.481 e. The number of carboxylic acid groups (broad SMARTS) is 1. The first kappa shape index (κ1) is 15.7. The average Bonchev–Trinajstić information content (AvgIpc) is 3.23. The fourth-order valence-corrected chi connectivity index (χ4v) is 2.83. The molecule has 1 N–H and O–H groups in total. The Morgan fingerprint density at radius 1 is 1.26 bits per heavy atom. The first-order valence-corrected chi connectivity index (χ1v) is 6.77. The molecule has 1 aliphatic heterocycles. The zero-order valence-corrected chi connectivity index (χ0v) is 11.5. The first-order valence-electron chi connectivity index (χ1n) is 6.77. The van der Waals surface area contributed by atoms with Gasteiger partial charge in [-0.2, -0.15) is 13.2 Å². The van der Waals surface area contributed by atoms with E-state index in [0.29, 0.717) is 23.8 Å². The van der Waals surface area contributed by atoms with E-state index in [2.05, 4.69) is 0 Å². The number of anilines is 1. The number of hydrogen-bond acceptors (Lipinski definition) is 2. The molecule has 124 valence electrons. The van der Waals surface area contributed by atoms with Gasteiger partial charge in [-0.1, -0.05) is 0 Å². The van der Waals surface area contributed by atoms with Crippen molar-refractivity contribution in [2.24, 2.45) is 5.92 Å². The molecule has 23 heavy (non-hydrogen) atoms. The summed E-state index contributed by atoms with van der Waals surface area (Å²) in [6, 6.07) is -0.0770. The van der Waals surface area contributed by atoms with E-state index in [9.17, 15) is 31.5 Å². The lowest BCUT2D eigenvalue weighted by atomic mass is 9.88. The number of hydrogen-bond donors (Lipinski definition) is 1. The van der Waals surface area contributed by atoms with Crippen LogP contribution in [0.25, 0.3) is 0 Å². The molecule has 0 radical (unpaired) electrons. The smallest absolute Gasteiger partial charge is 0.421 e. The summed E-state index contributed by atoms with van der Waals surface area (Å²) in [5.41, 5.74) is -2.92. The molecule has 2 aliphatic rings. The highest BCUT2D eigenvalue weighted by Gasteiger charge is 2.50. The maximum Gasteiger partial charge on any atom is 0.421 e. The van der Waals surface area contributed by atoms with Crippen LogP contribution in [0.3, 0.4) is 0 Å². The largest absolute Gasteiger partial charge is 0.481 e. The van der Waals surface area contributed by atoms with Gasteiger partial charge in [-0.15, -0.1) is 0 Å². The topological polar surface area (TPSA) is 57.6 Å². The van der Waals surface area contributed by atoms with E-state index in [1.54, 1.807) is 0 Å². The molecular formula is C14H10F5NO3. The quantitative estimate of drug-likeness (QED) is 0.668. The number of benzene rings is 1. The Kier molecular flexibility index (Phi) is 3.35. The zero-order chi connectivity index (χ0) is 17.1. The van der Waals surface area contributed by atoms with E-state index in [4.69, 9.17) is 5.11 Å². The van der Waals surface area contributed by atoms with Gasteiger partial charge < -0.3 is 10.0 Å². The number of carbonyl (C=O) groups is 2. The number of rotatable bonds is 2. The van der Waals surface area contributed by atoms with Crippen molar-refractivity contribution in [3.05, 3.63) is 28.8 Å². The van der Waals surface area contributed by atoms with Crippen LogP contribution in [-0.4, -0.2) is 23.0 Å². The molecule has 1 unspecified atom stereocenters. The van der Waals surface area contributed by atoms with Gasteiger partial charge in [0.2, 0.25) is 5.91 Å². The molecule has 1 aromatic carbocycles. The maximum atomic E-state index is 13.8. The van der Waals surface area contributed by atoms with Crippen LogP contribution in [-0.2, 0) is 22.2 Å². The third-order valence-corrected chi connectivity index (χ3v) is 3.97. The molecule has 1 fully saturated rings. The van der Waals surface area contributed by atoms with Crippen LogP contribution in [0.1, 0.15) is 24.0 Å². The van der Waals surface area contributed by atoms with Crippen LogP contribution in [0.5, 0.6) is 0 Å². The minimum absolute atomic E-state index is 0.324. The molecule has 1 heterocycles. The number of alkyl halides is 3. The van der Waals surface area contributed by atoms with Crippen LogP contribution in [0.15, 0.2) is 6.07 Å². The molecular weight excluding hydrogens is 325 g/mol. The number of aliphatic carboxylic acids is 1. The standard InChI is InChI=1S/C14H10F5NO3/c15-8-4-5-3-7(13(22)23)12(21)20(6-1-2-6)11(5)9(10(8)16)14(17,18)19/h4,6-7H,1-3H2,(H,22,23). The van der Waals surface area contributed by atoms with Crippen LogP contribution >= 0.6 is 0 Å². The van der Waals surface area contributed by atoms with E-state index < -0.39 is 59.3 Å². The lowest BCUT2D eigenvalue weighted by Gasteiger charge is -2.35. The SMILES string of the molecule is O=C(O)C1Cc2cc(F)c(F)c(C(F)(F)F)c2N(C2CC2)C1=O. The second-order valence-electron chi connectivity index (χ2n) is 5.59. The monoisotopic (exact) mass is 335 g/mol. The Bertz CT molecular complexity index is 711. The van der Waals surface area contributed by atoms with Crippen LogP contribution in [0.2, 0.25) is 0 Å². The Hall–Kier alpha value is -2.19. The Morgan fingerprint density at radius 3 is 2.35 bits per heavy atom. The molecule has 1 aliphatic carbocycles. The van der Waals surface area contributed by atoms with Crippen LogP contribution < -0.4 is 4.90 Å². The van der Waals surface area contributed by atoms with Gasteiger partial charge in [-0.3, -0.25) is 9.59 Å². The third kappa shape index (κ3) is 2.43. The predicted molar refractivity (Wildman–Crippen MR) is 66.7 cm³/mol. The van der Waals surface area contributed by atoms with Crippen molar-refractivity contribution in [2.75, 3.05) is 4.90 Å². The summed E-state index contributed by atoms with van der Waals surface area (Å²) in [6.45, 7) is 0. The van der Waals surface area contributed by atoms with Crippen LogP contribution in [0.4, 0.5) is 27.6 Å². The minimum atomic E-state index is -5.21. The lowest BCUT2D eigenvalue weighted by molar-refractivity contribution is -0.146. The molecule has 3 rings (SSSR count). The van der Waals surface area contributed by atoms with Crippen molar-refractivity contribution in [2.45, 2.75) is 31.5 Å². The number of nitrogens with zero attached hydrogens (tertiary/aromatic N) is 1. The highest BCUT2D eigenvalue weighted by Crippen LogP contribution is 2.47. The van der Waals surface area contributed by atoms with Crippen molar-refractivity contribution >= 4 is 17.6 Å². The first-order chi connectivity index (χ1) is 10.6. The molecule has 9 heteroatoms. The Balaban J connectivity index is 2.28. The second kappa shape index (κ2) is 4.90. The van der Waals surface area contributed by atoms with Crippen LogP contribution in [0, 0.1) is 17.6 Å². The lowest BCUT2D eigenvalue weighted by Crippen LogP contribution is -2.47. The van der Waals surface area contributed by atoms with Gasteiger partial charge in [0.1, 0.15) is 11.5 Å². The van der Waals surface area contributed by atoms with Crippen molar-refractivity contribution in [1.29, 1.82) is 0 Å². The van der Waals surface area contributed by atoms with Crippen molar-refractivity contribution in [3.63, 3.8) is 0 Å². The van der Waals surface area contributed by atoms with Gasteiger partial charge >= 0.3 is 12.1 Å². The normalized spacial score (nSPS) is 21.3. The molecule has 1 amide bonds. The molecule has 0 saturated heterocycles. The van der Waals surface area contributed by atoms with Gasteiger partial charge in [0.15, 0.2) is 11.6 Å². The molecule has 4 nitrogen and oxygen atoms in total. The summed E-state index contributed by atoms with van der Waals surface area (Å²) >= 11 is 0. The number of halogens is 5. The number of carbonyl (C=O) groups excluding carboxylic acids is 1. The van der Waals surface area contributed by atoms with Gasteiger partial charge in [0.05, 0.1) is 5.69 Å². The highest BCUT2D eigenvalue weighted by atomic mass is 19.4. The van der Waals surface area contributed by atoms with Gasteiger partial charge in [0, 0.05) is 6.04 Å². The fourth-order valence-electron chi connectivity index (χ4n) is 2.83. The Labute approximate surface area is 126 Å².